The third kappa shape index (κ3) is 2.62. The summed E-state index contributed by atoms with van der Waals surface area (Å²) >= 11 is 0. The van der Waals surface area contributed by atoms with Gasteiger partial charge in [-0.25, -0.2) is 0 Å². The molecule has 3 aromatic rings. The van der Waals surface area contributed by atoms with Gasteiger partial charge in [0.05, 0.1) is 10.5 Å². The third-order valence-corrected chi connectivity index (χ3v) is 7.03. The summed E-state index contributed by atoms with van der Waals surface area (Å²) in [7, 11) is 0. The molecule has 0 saturated heterocycles. The minimum absolute atomic E-state index is 0.0657. The van der Waals surface area contributed by atoms with Crippen molar-refractivity contribution < 1.29 is 9.34 Å². The van der Waals surface area contributed by atoms with Gasteiger partial charge in [-0.3, -0.25) is 14.8 Å². The normalized spacial score (nSPS) is 30.0. The van der Waals surface area contributed by atoms with Gasteiger partial charge >= 0.3 is 5.69 Å². The molecule has 4 fully saturated rings. The van der Waals surface area contributed by atoms with Gasteiger partial charge in [-0.1, -0.05) is 18.2 Å². The topological polar surface area (TPSA) is 99.9 Å². The molecular formula is C21H21N5O3. The average molecular weight is 391 g/mol. The number of hydrogen-bond donors (Lipinski definition) is 0. The van der Waals surface area contributed by atoms with Gasteiger partial charge in [0.1, 0.15) is 6.20 Å². The molecule has 0 spiro atoms. The van der Waals surface area contributed by atoms with Crippen molar-refractivity contribution in [2.45, 2.75) is 44.1 Å². The van der Waals surface area contributed by atoms with Crippen molar-refractivity contribution in [1.29, 1.82) is 0 Å². The molecular weight excluding hydrogens is 370 g/mol. The van der Waals surface area contributed by atoms with Crippen LogP contribution in [0.3, 0.4) is 0 Å². The fourth-order valence-electron chi connectivity index (χ4n) is 6.26. The summed E-state index contributed by atoms with van der Waals surface area (Å²) in [5, 5.41) is 24.6. The highest BCUT2D eigenvalue weighted by Crippen LogP contribution is 2.59. The van der Waals surface area contributed by atoms with Gasteiger partial charge in [0, 0.05) is 5.56 Å². The lowest BCUT2D eigenvalue weighted by atomic mass is 9.53. The summed E-state index contributed by atoms with van der Waals surface area (Å²) < 4.78 is 7.65. The van der Waals surface area contributed by atoms with E-state index in [-0.39, 0.29) is 22.8 Å². The van der Waals surface area contributed by atoms with Gasteiger partial charge in [0.15, 0.2) is 0 Å². The van der Waals surface area contributed by atoms with Gasteiger partial charge in [0.2, 0.25) is 11.6 Å². The monoisotopic (exact) mass is 391 g/mol. The molecule has 7 rings (SSSR count). The summed E-state index contributed by atoms with van der Waals surface area (Å²) in [4.78, 5) is 11.4. The lowest BCUT2D eigenvalue weighted by Gasteiger charge is -2.56. The number of benzene rings is 1. The Morgan fingerprint density at radius 3 is 2.24 bits per heavy atom. The second kappa shape index (κ2) is 5.98. The molecule has 0 radical (unpaired) electrons. The summed E-state index contributed by atoms with van der Waals surface area (Å²) in [5.74, 6) is 2.60. The van der Waals surface area contributed by atoms with Crippen LogP contribution < -0.4 is 0 Å². The molecule has 0 atom stereocenters. The second-order valence-corrected chi connectivity index (χ2v) is 8.98. The molecule has 29 heavy (non-hydrogen) atoms. The highest BCUT2D eigenvalue weighted by atomic mass is 16.6. The lowest BCUT2D eigenvalue weighted by Crippen LogP contribution is -2.52. The quantitative estimate of drug-likeness (QED) is 0.482. The highest BCUT2D eigenvalue weighted by Gasteiger charge is 2.53. The summed E-state index contributed by atoms with van der Waals surface area (Å²) in [6, 6.07) is 9.38. The minimum Gasteiger partial charge on any atom is -0.414 e. The molecule has 148 valence electrons. The van der Waals surface area contributed by atoms with Crippen molar-refractivity contribution in [1.82, 2.24) is 20.0 Å². The zero-order valence-corrected chi connectivity index (χ0v) is 15.9. The predicted octanol–water partition coefficient (Wildman–Crippen LogP) is 4.43. The Bertz CT molecular complexity index is 1050. The van der Waals surface area contributed by atoms with Gasteiger partial charge in [-0.2, -0.15) is 5.10 Å². The molecule has 8 nitrogen and oxygen atoms in total. The second-order valence-electron chi connectivity index (χ2n) is 8.98. The average Bonchev–Trinajstić information content (AvgIpc) is 3.35. The first kappa shape index (κ1) is 16.9. The zero-order chi connectivity index (χ0) is 19.6. The first-order chi connectivity index (χ1) is 14.1. The van der Waals surface area contributed by atoms with E-state index < -0.39 is 4.92 Å². The van der Waals surface area contributed by atoms with Crippen molar-refractivity contribution in [3.8, 4) is 23.0 Å². The third-order valence-electron chi connectivity index (χ3n) is 7.03. The summed E-state index contributed by atoms with van der Waals surface area (Å²) in [5.41, 5.74) is 0.777. The van der Waals surface area contributed by atoms with Crippen LogP contribution in [0.1, 0.15) is 38.5 Å². The van der Waals surface area contributed by atoms with Gasteiger partial charge in [-0.15, -0.1) is 10.2 Å². The summed E-state index contributed by atoms with van der Waals surface area (Å²) in [6.45, 7) is 0. The molecule has 2 aromatic heterocycles. The van der Waals surface area contributed by atoms with E-state index in [1.807, 2.05) is 35.0 Å². The van der Waals surface area contributed by atoms with Crippen LogP contribution in [0.15, 0.2) is 40.9 Å². The van der Waals surface area contributed by atoms with Crippen LogP contribution in [0, 0.1) is 27.9 Å². The summed E-state index contributed by atoms with van der Waals surface area (Å²) in [6.07, 6.45) is 8.71. The molecule has 1 aromatic carbocycles. The Balaban J connectivity index is 1.41. The van der Waals surface area contributed by atoms with Crippen molar-refractivity contribution >= 4 is 5.69 Å². The Morgan fingerprint density at radius 2 is 1.62 bits per heavy atom. The van der Waals surface area contributed by atoms with Crippen molar-refractivity contribution in [3.05, 3.63) is 46.6 Å². The van der Waals surface area contributed by atoms with E-state index in [1.165, 1.54) is 19.3 Å². The van der Waals surface area contributed by atoms with Crippen LogP contribution in [-0.4, -0.2) is 24.9 Å². The SMILES string of the molecule is O=[N+]([O-])c1cn(C23CC4CC(CC(C4)C2)C3)nc1-c1nnc(-c2ccccc2)o1. The molecule has 4 aliphatic rings. The van der Waals surface area contributed by atoms with Crippen LogP contribution in [0.4, 0.5) is 5.69 Å². The zero-order valence-electron chi connectivity index (χ0n) is 15.9. The standard InChI is InChI=1S/C21H21N5O3/c27-26(28)17-12-25(21-9-13-6-14(10-21)8-15(7-13)11-21)24-18(17)20-23-22-19(29-20)16-4-2-1-3-5-16/h1-5,12-15H,6-11H2. The van der Waals surface area contributed by atoms with E-state index in [4.69, 9.17) is 4.42 Å². The van der Waals surface area contributed by atoms with Crippen molar-refractivity contribution in [2.24, 2.45) is 17.8 Å². The van der Waals surface area contributed by atoms with Gasteiger partial charge in [-0.05, 0) is 68.4 Å². The Morgan fingerprint density at radius 1 is 1.00 bits per heavy atom. The van der Waals surface area contributed by atoms with Gasteiger partial charge < -0.3 is 4.42 Å². The Hall–Kier alpha value is -3.03. The van der Waals surface area contributed by atoms with Gasteiger partial charge in [0.25, 0.3) is 5.89 Å². The molecule has 4 aliphatic carbocycles. The maximum absolute atomic E-state index is 11.8. The van der Waals surface area contributed by atoms with E-state index >= 15 is 0 Å². The highest BCUT2D eigenvalue weighted by molar-refractivity contribution is 5.63. The smallest absolute Gasteiger partial charge is 0.320 e. The maximum Gasteiger partial charge on any atom is 0.320 e. The molecule has 0 aliphatic heterocycles. The fraction of sp³-hybridized carbons (Fsp3) is 0.476. The largest absolute Gasteiger partial charge is 0.414 e. The Labute approximate surface area is 167 Å². The molecule has 0 N–H and O–H groups in total. The Kier molecular flexibility index (Phi) is 3.48. The number of nitrogens with zero attached hydrogens (tertiary/aromatic N) is 5. The predicted molar refractivity (Wildman–Crippen MR) is 104 cm³/mol. The molecule has 2 heterocycles. The van der Waals surface area contributed by atoms with Crippen LogP contribution >= 0.6 is 0 Å². The number of rotatable bonds is 4. The van der Waals surface area contributed by atoms with Crippen LogP contribution in [0.5, 0.6) is 0 Å². The van der Waals surface area contributed by atoms with Crippen LogP contribution in [-0.2, 0) is 5.54 Å². The number of aromatic nitrogens is 4. The van der Waals surface area contributed by atoms with Crippen LogP contribution in [0.2, 0.25) is 0 Å². The number of hydrogen-bond acceptors (Lipinski definition) is 6. The fourth-order valence-corrected chi connectivity index (χ4v) is 6.26. The first-order valence-electron chi connectivity index (χ1n) is 10.2. The first-order valence-corrected chi connectivity index (χ1v) is 10.2. The van der Waals surface area contributed by atoms with E-state index in [9.17, 15) is 10.1 Å². The molecule has 0 amide bonds. The van der Waals surface area contributed by atoms with Crippen LogP contribution in [0.25, 0.3) is 23.0 Å². The van der Waals surface area contributed by atoms with E-state index in [2.05, 4.69) is 15.3 Å². The number of nitro groups is 1. The molecule has 4 bridgehead atoms. The van der Waals surface area contributed by atoms with E-state index in [0.717, 1.165) is 42.6 Å². The van der Waals surface area contributed by atoms with E-state index in [0.29, 0.717) is 5.89 Å². The van der Waals surface area contributed by atoms with Crippen molar-refractivity contribution in [2.75, 3.05) is 0 Å². The van der Waals surface area contributed by atoms with E-state index in [1.54, 1.807) is 6.20 Å². The molecule has 4 saturated carbocycles. The minimum atomic E-state index is -0.397. The molecule has 8 heteroatoms. The maximum atomic E-state index is 11.8. The van der Waals surface area contributed by atoms with Crippen molar-refractivity contribution in [3.63, 3.8) is 0 Å². The molecule has 0 unspecified atom stereocenters. The lowest BCUT2D eigenvalue weighted by molar-refractivity contribution is -0.384.